The number of carboxylic acid groups (broad SMARTS) is 1. The first-order valence-electron chi connectivity index (χ1n) is 3.56. The third-order valence-corrected chi connectivity index (χ3v) is 1.67. The Bertz CT molecular complexity index is 478. The summed E-state index contributed by atoms with van der Waals surface area (Å²) in [5.41, 5.74) is -0.261. The molecule has 2 aromatic heterocycles. The molecule has 0 unspecified atom stereocenters. The standard InChI is InChI=1S/C8H5FN2O2/c9-7-6(8(12)13)10-5-3-1-2-4-11(5)7/h1-4H,(H,12,13). The summed E-state index contributed by atoms with van der Waals surface area (Å²) < 4.78 is 14.3. The Morgan fingerprint density at radius 1 is 1.54 bits per heavy atom. The molecule has 0 amide bonds. The number of carbonyl (C=O) groups is 1. The highest BCUT2D eigenvalue weighted by Gasteiger charge is 2.16. The number of hydrogen-bond donors (Lipinski definition) is 1. The second-order valence-corrected chi connectivity index (χ2v) is 2.49. The first-order valence-corrected chi connectivity index (χ1v) is 3.56. The fourth-order valence-corrected chi connectivity index (χ4v) is 1.10. The maximum atomic E-state index is 13.2. The minimum absolute atomic E-state index is 0.289. The van der Waals surface area contributed by atoms with Crippen LogP contribution in [0, 0.1) is 5.95 Å². The normalized spacial score (nSPS) is 10.5. The molecule has 4 nitrogen and oxygen atoms in total. The molecule has 0 spiro atoms. The van der Waals surface area contributed by atoms with Crippen LogP contribution in [-0.4, -0.2) is 20.5 Å². The highest BCUT2D eigenvalue weighted by molar-refractivity contribution is 5.86. The van der Waals surface area contributed by atoms with Crippen molar-refractivity contribution in [3.63, 3.8) is 0 Å². The van der Waals surface area contributed by atoms with Crippen molar-refractivity contribution in [2.75, 3.05) is 0 Å². The van der Waals surface area contributed by atoms with E-state index in [1.807, 2.05) is 0 Å². The molecule has 0 radical (unpaired) electrons. The molecule has 0 bridgehead atoms. The fraction of sp³-hybridized carbons (Fsp3) is 0. The van der Waals surface area contributed by atoms with Gasteiger partial charge in [0.1, 0.15) is 5.65 Å². The van der Waals surface area contributed by atoms with E-state index in [1.54, 1.807) is 12.1 Å². The largest absolute Gasteiger partial charge is 0.476 e. The Hall–Kier alpha value is -1.91. The number of fused-ring (bicyclic) bond motifs is 1. The van der Waals surface area contributed by atoms with Gasteiger partial charge in [0.25, 0.3) is 0 Å². The average Bonchev–Trinajstić information content (AvgIpc) is 2.45. The van der Waals surface area contributed by atoms with Crippen molar-refractivity contribution in [3.05, 3.63) is 36.0 Å². The molecule has 0 aliphatic carbocycles. The molecule has 13 heavy (non-hydrogen) atoms. The van der Waals surface area contributed by atoms with Gasteiger partial charge in [-0.25, -0.2) is 9.78 Å². The van der Waals surface area contributed by atoms with Crippen molar-refractivity contribution >= 4 is 11.6 Å². The molecular weight excluding hydrogens is 175 g/mol. The van der Waals surface area contributed by atoms with Crippen LogP contribution in [0.15, 0.2) is 24.4 Å². The third kappa shape index (κ3) is 1.05. The van der Waals surface area contributed by atoms with Gasteiger partial charge in [0, 0.05) is 6.20 Å². The van der Waals surface area contributed by atoms with Crippen LogP contribution in [0.5, 0.6) is 0 Å². The number of carboxylic acids is 1. The number of aromatic nitrogens is 2. The van der Waals surface area contributed by atoms with Crippen LogP contribution in [0.4, 0.5) is 4.39 Å². The number of imidazole rings is 1. The van der Waals surface area contributed by atoms with Crippen molar-refractivity contribution in [2.24, 2.45) is 0 Å². The van der Waals surface area contributed by atoms with Crippen LogP contribution in [0.25, 0.3) is 5.65 Å². The van der Waals surface area contributed by atoms with Gasteiger partial charge in [-0.1, -0.05) is 6.07 Å². The number of nitrogens with zero attached hydrogens (tertiary/aromatic N) is 2. The number of aromatic carboxylic acids is 1. The predicted octanol–water partition coefficient (Wildman–Crippen LogP) is 1.17. The maximum Gasteiger partial charge on any atom is 0.359 e. The molecule has 1 N–H and O–H groups in total. The minimum atomic E-state index is -1.36. The SMILES string of the molecule is O=C(O)c1nc2ccccn2c1F. The fourth-order valence-electron chi connectivity index (χ4n) is 1.10. The van der Waals surface area contributed by atoms with Crippen molar-refractivity contribution < 1.29 is 14.3 Å². The molecule has 0 aliphatic heterocycles. The topological polar surface area (TPSA) is 54.6 Å². The zero-order valence-electron chi connectivity index (χ0n) is 6.44. The summed E-state index contributed by atoms with van der Waals surface area (Å²) in [6.07, 6.45) is 1.42. The summed E-state index contributed by atoms with van der Waals surface area (Å²) in [6, 6.07) is 4.80. The van der Waals surface area contributed by atoms with Gasteiger partial charge in [-0.2, -0.15) is 4.39 Å². The van der Waals surface area contributed by atoms with Crippen LogP contribution >= 0.6 is 0 Å². The Balaban J connectivity index is 2.81. The molecule has 5 heteroatoms. The number of rotatable bonds is 1. The van der Waals surface area contributed by atoms with Crippen LogP contribution < -0.4 is 0 Å². The van der Waals surface area contributed by atoms with E-state index in [0.717, 1.165) is 4.40 Å². The highest BCUT2D eigenvalue weighted by atomic mass is 19.1. The van der Waals surface area contributed by atoms with Crippen molar-refractivity contribution in [3.8, 4) is 0 Å². The van der Waals surface area contributed by atoms with Gasteiger partial charge in [-0.3, -0.25) is 4.40 Å². The van der Waals surface area contributed by atoms with Crippen molar-refractivity contribution in [1.82, 2.24) is 9.38 Å². The smallest absolute Gasteiger partial charge is 0.359 e. The molecular formula is C8H5FN2O2. The van der Waals surface area contributed by atoms with E-state index in [-0.39, 0.29) is 5.65 Å². The van der Waals surface area contributed by atoms with E-state index in [0.29, 0.717) is 0 Å². The van der Waals surface area contributed by atoms with Gasteiger partial charge in [-0.05, 0) is 12.1 Å². The van der Waals surface area contributed by atoms with Crippen LogP contribution in [-0.2, 0) is 0 Å². The second-order valence-electron chi connectivity index (χ2n) is 2.49. The average molecular weight is 180 g/mol. The van der Waals surface area contributed by atoms with E-state index in [4.69, 9.17) is 5.11 Å². The summed E-state index contributed by atoms with van der Waals surface area (Å²) in [5, 5.41) is 8.55. The quantitative estimate of drug-likeness (QED) is 0.716. The number of halogens is 1. The van der Waals surface area contributed by atoms with Crippen LogP contribution in [0.3, 0.4) is 0 Å². The van der Waals surface area contributed by atoms with Crippen LogP contribution in [0.2, 0.25) is 0 Å². The third-order valence-electron chi connectivity index (χ3n) is 1.67. The van der Waals surface area contributed by atoms with Gasteiger partial charge < -0.3 is 5.11 Å². The molecule has 0 fully saturated rings. The molecule has 0 saturated heterocycles. The second kappa shape index (κ2) is 2.55. The first kappa shape index (κ1) is 7.72. The van der Waals surface area contributed by atoms with Crippen molar-refractivity contribution in [1.29, 1.82) is 0 Å². The molecule has 2 rings (SSSR count). The summed E-state index contributed by atoms with van der Waals surface area (Å²) >= 11 is 0. The maximum absolute atomic E-state index is 13.2. The van der Waals surface area contributed by atoms with E-state index in [2.05, 4.69) is 4.98 Å². The van der Waals surface area contributed by atoms with Crippen molar-refractivity contribution in [2.45, 2.75) is 0 Å². The lowest BCUT2D eigenvalue weighted by atomic mass is 10.5. The molecule has 0 saturated carbocycles. The lowest BCUT2D eigenvalue weighted by Crippen LogP contribution is -2.00. The molecule has 0 aliphatic rings. The molecule has 0 aromatic carbocycles. The lowest BCUT2D eigenvalue weighted by Gasteiger charge is -1.89. The lowest BCUT2D eigenvalue weighted by molar-refractivity contribution is 0.0685. The zero-order chi connectivity index (χ0) is 9.42. The van der Waals surface area contributed by atoms with E-state index in [1.165, 1.54) is 12.3 Å². The van der Waals surface area contributed by atoms with Gasteiger partial charge in [-0.15, -0.1) is 0 Å². The van der Waals surface area contributed by atoms with E-state index in [9.17, 15) is 9.18 Å². The molecule has 0 atom stereocenters. The van der Waals surface area contributed by atoms with Gasteiger partial charge in [0.05, 0.1) is 0 Å². The zero-order valence-corrected chi connectivity index (χ0v) is 6.44. The molecule has 2 aromatic rings. The Labute approximate surface area is 72.3 Å². The van der Waals surface area contributed by atoms with E-state index < -0.39 is 17.6 Å². The number of pyridine rings is 1. The highest BCUT2D eigenvalue weighted by Crippen LogP contribution is 2.09. The summed E-state index contributed by atoms with van der Waals surface area (Å²) in [4.78, 5) is 14.1. The number of hydrogen-bond acceptors (Lipinski definition) is 2. The predicted molar refractivity (Wildman–Crippen MR) is 42.1 cm³/mol. The molecule has 66 valence electrons. The van der Waals surface area contributed by atoms with Crippen LogP contribution in [0.1, 0.15) is 10.5 Å². The summed E-state index contributed by atoms with van der Waals surface area (Å²) in [6.45, 7) is 0. The Morgan fingerprint density at radius 3 is 2.92 bits per heavy atom. The van der Waals surface area contributed by atoms with Gasteiger partial charge >= 0.3 is 5.97 Å². The molecule has 2 heterocycles. The summed E-state index contributed by atoms with van der Waals surface area (Å²) in [5.74, 6) is -2.20. The van der Waals surface area contributed by atoms with E-state index >= 15 is 0 Å². The minimum Gasteiger partial charge on any atom is -0.476 e. The van der Waals surface area contributed by atoms with Gasteiger partial charge in [0.2, 0.25) is 11.6 Å². The monoisotopic (exact) mass is 180 g/mol. The Kier molecular flexibility index (Phi) is 1.51. The Morgan fingerprint density at radius 2 is 2.31 bits per heavy atom. The summed E-state index contributed by atoms with van der Waals surface area (Å²) in [7, 11) is 0. The van der Waals surface area contributed by atoms with Gasteiger partial charge in [0.15, 0.2) is 0 Å². The first-order chi connectivity index (χ1) is 6.20.